The van der Waals surface area contributed by atoms with Gasteiger partial charge >= 0.3 is 0 Å². The monoisotopic (exact) mass is 179 g/mol. The summed E-state index contributed by atoms with van der Waals surface area (Å²) >= 11 is 0. The summed E-state index contributed by atoms with van der Waals surface area (Å²) in [5.74, 6) is 1.76. The van der Waals surface area contributed by atoms with Crippen LogP contribution in [0.3, 0.4) is 0 Å². The van der Waals surface area contributed by atoms with Gasteiger partial charge in [-0.25, -0.2) is 0 Å². The van der Waals surface area contributed by atoms with E-state index in [0.717, 1.165) is 24.7 Å². The molecule has 0 amide bonds. The zero-order valence-electron chi connectivity index (χ0n) is 8.68. The molecule has 0 aliphatic heterocycles. The zero-order valence-corrected chi connectivity index (χ0v) is 8.68. The van der Waals surface area contributed by atoms with Gasteiger partial charge in [0.25, 0.3) is 0 Å². The third kappa shape index (κ3) is 3.33. The van der Waals surface area contributed by atoms with E-state index in [-0.39, 0.29) is 0 Å². The van der Waals surface area contributed by atoms with Gasteiger partial charge in [-0.2, -0.15) is 0 Å². The summed E-state index contributed by atoms with van der Waals surface area (Å²) in [6.07, 6.45) is 8.74. The first-order valence-electron chi connectivity index (χ1n) is 5.40. The van der Waals surface area contributed by atoms with E-state index in [9.17, 15) is 0 Å². The van der Waals surface area contributed by atoms with E-state index in [2.05, 4.69) is 13.5 Å². The van der Waals surface area contributed by atoms with E-state index in [1.807, 2.05) is 0 Å². The number of unbranched alkanes of at least 4 members (excludes halogenated alkanes) is 2. The Hall–Kier alpha value is -0.590. The summed E-state index contributed by atoms with van der Waals surface area (Å²) in [5.41, 5.74) is 1.46. The fourth-order valence-corrected chi connectivity index (χ4v) is 2.04. The number of hydrogen-bond acceptors (Lipinski definition) is 1. The standard InChI is InChI=1S/C12H21N/c1-10-8-12(9-10)11(2)6-4-3-5-7-13/h7,10,12-13H,2-6,8-9H2,1H3. The first-order chi connectivity index (χ1) is 6.24. The molecule has 1 fully saturated rings. The smallest absolute Gasteiger partial charge is 0.00477 e. The highest BCUT2D eigenvalue weighted by Gasteiger charge is 2.26. The van der Waals surface area contributed by atoms with E-state index in [1.165, 1.54) is 37.5 Å². The van der Waals surface area contributed by atoms with Crippen molar-refractivity contribution in [1.82, 2.24) is 0 Å². The van der Waals surface area contributed by atoms with Crippen LogP contribution in [0.4, 0.5) is 0 Å². The lowest BCUT2D eigenvalue weighted by atomic mass is 9.71. The third-order valence-corrected chi connectivity index (χ3v) is 3.05. The van der Waals surface area contributed by atoms with Crippen LogP contribution in [0.1, 0.15) is 45.4 Å². The van der Waals surface area contributed by atoms with Crippen molar-refractivity contribution >= 4 is 6.21 Å². The van der Waals surface area contributed by atoms with Crippen LogP contribution in [-0.4, -0.2) is 6.21 Å². The molecule has 1 rings (SSSR count). The van der Waals surface area contributed by atoms with Crippen LogP contribution in [-0.2, 0) is 0 Å². The number of rotatable bonds is 6. The molecule has 0 spiro atoms. The van der Waals surface area contributed by atoms with Crippen LogP contribution in [0.25, 0.3) is 0 Å². The van der Waals surface area contributed by atoms with E-state index in [1.54, 1.807) is 0 Å². The Kier molecular flexibility index (Phi) is 4.20. The minimum absolute atomic E-state index is 0.829. The van der Waals surface area contributed by atoms with Gasteiger partial charge in [0.1, 0.15) is 0 Å². The number of hydrogen-bond donors (Lipinski definition) is 1. The Morgan fingerprint density at radius 3 is 2.69 bits per heavy atom. The van der Waals surface area contributed by atoms with Gasteiger partial charge in [-0.05, 0) is 56.6 Å². The van der Waals surface area contributed by atoms with E-state index in [0.29, 0.717) is 0 Å². The quantitative estimate of drug-likeness (QED) is 0.364. The molecule has 0 aromatic heterocycles. The van der Waals surface area contributed by atoms with Crippen molar-refractivity contribution in [3.05, 3.63) is 12.2 Å². The second-order valence-electron chi connectivity index (χ2n) is 4.38. The normalized spacial score (nSPS) is 26.5. The molecule has 0 bridgehead atoms. The van der Waals surface area contributed by atoms with Gasteiger partial charge in [-0.3, -0.25) is 0 Å². The molecule has 1 saturated carbocycles. The van der Waals surface area contributed by atoms with Crippen LogP contribution < -0.4 is 0 Å². The average Bonchev–Trinajstić information content (AvgIpc) is 2.07. The number of allylic oxidation sites excluding steroid dienone is 1. The molecule has 1 aliphatic rings. The van der Waals surface area contributed by atoms with Crippen molar-refractivity contribution < 1.29 is 0 Å². The van der Waals surface area contributed by atoms with Gasteiger partial charge in [-0.15, -0.1) is 0 Å². The van der Waals surface area contributed by atoms with Gasteiger partial charge in [-0.1, -0.05) is 19.1 Å². The summed E-state index contributed by atoms with van der Waals surface area (Å²) in [6, 6.07) is 0. The topological polar surface area (TPSA) is 23.9 Å². The highest BCUT2D eigenvalue weighted by molar-refractivity contribution is 5.52. The van der Waals surface area contributed by atoms with Gasteiger partial charge in [0.05, 0.1) is 0 Å². The molecule has 1 heteroatoms. The molecular formula is C12H21N. The van der Waals surface area contributed by atoms with Crippen molar-refractivity contribution in [2.24, 2.45) is 11.8 Å². The van der Waals surface area contributed by atoms with Crippen molar-refractivity contribution in [1.29, 1.82) is 5.41 Å². The molecule has 1 nitrogen and oxygen atoms in total. The third-order valence-electron chi connectivity index (χ3n) is 3.05. The molecule has 0 saturated heterocycles. The van der Waals surface area contributed by atoms with Gasteiger partial charge < -0.3 is 5.41 Å². The lowest BCUT2D eigenvalue weighted by molar-refractivity contribution is 0.244. The van der Waals surface area contributed by atoms with Crippen LogP contribution in [0.15, 0.2) is 12.2 Å². The predicted octanol–water partition coefficient (Wildman–Crippen LogP) is 3.80. The maximum Gasteiger partial charge on any atom is -0.00477 e. The lowest BCUT2D eigenvalue weighted by Crippen LogP contribution is -2.22. The Morgan fingerprint density at radius 1 is 1.46 bits per heavy atom. The van der Waals surface area contributed by atoms with Crippen molar-refractivity contribution in [2.45, 2.75) is 45.4 Å². The average molecular weight is 179 g/mol. The second-order valence-corrected chi connectivity index (χ2v) is 4.38. The molecule has 0 aromatic carbocycles. The molecule has 0 unspecified atom stereocenters. The Labute approximate surface area is 81.7 Å². The van der Waals surface area contributed by atoms with E-state index < -0.39 is 0 Å². The molecule has 0 heterocycles. The first kappa shape index (κ1) is 10.5. The molecule has 74 valence electrons. The highest BCUT2D eigenvalue weighted by Crippen LogP contribution is 2.39. The first-order valence-corrected chi connectivity index (χ1v) is 5.40. The highest BCUT2D eigenvalue weighted by atomic mass is 14.3. The maximum absolute atomic E-state index is 6.90. The van der Waals surface area contributed by atoms with Gasteiger partial charge in [0.2, 0.25) is 0 Å². The van der Waals surface area contributed by atoms with Crippen molar-refractivity contribution in [2.75, 3.05) is 0 Å². The van der Waals surface area contributed by atoms with Crippen LogP contribution in [0.2, 0.25) is 0 Å². The maximum atomic E-state index is 6.90. The lowest BCUT2D eigenvalue weighted by Gasteiger charge is -2.34. The molecule has 13 heavy (non-hydrogen) atoms. The van der Waals surface area contributed by atoms with Crippen LogP contribution in [0.5, 0.6) is 0 Å². The van der Waals surface area contributed by atoms with E-state index in [4.69, 9.17) is 5.41 Å². The minimum Gasteiger partial charge on any atom is -0.313 e. The SMILES string of the molecule is C=C(CCCCC=N)C1CC(C)C1. The molecule has 0 aromatic rings. The summed E-state index contributed by atoms with van der Waals surface area (Å²) in [6.45, 7) is 6.47. The fraction of sp³-hybridized carbons (Fsp3) is 0.750. The van der Waals surface area contributed by atoms with E-state index >= 15 is 0 Å². The Balaban J connectivity index is 2.01. The van der Waals surface area contributed by atoms with Crippen molar-refractivity contribution in [3.63, 3.8) is 0 Å². The molecular weight excluding hydrogens is 158 g/mol. The van der Waals surface area contributed by atoms with Crippen LogP contribution >= 0.6 is 0 Å². The predicted molar refractivity (Wildman–Crippen MR) is 58.3 cm³/mol. The summed E-state index contributed by atoms with van der Waals surface area (Å²) in [5, 5.41) is 6.90. The second kappa shape index (κ2) is 5.21. The van der Waals surface area contributed by atoms with Gasteiger partial charge in [0, 0.05) is 0 Å². The summed E-state index contributed by atoms with van der Waals surface area (Å²) < 4.78 is 0. The summed E-state index contributed by atoms with van der Waals surface area (Å²) in [4.78, 5) is 0. The van der Waals surface area contributed by atoms with Crippen LogP contribution in [0, 0.1) is 17.2 Å². The Bertz CT molecular complexity index is 178. The van der Waals surface area contributed by atoms with Crippen molar-refractivity contribution in [3.8, 4) is 0 Å². The molecule has 1 N–H and O–H groups in total. The zero-order chi connectivity index (χ0) is 9.68. The molecule has 1 aliphatic carbocycles. The fourth-order valence-electron chi connectivity index (χ4n) is 2.04. The molecule has 0 radical (unpaired) electrons. The largest absolute Gasteiger partial charge is 0.313 e. The molecule has 0 atom stereocenters. The Morgan fingerprint density at radius 2 is 2.15 bits per heavy atom. The minimum atomic E-state index is 0.829. The number of nitrogens with one attached hydrogen (secondary N) is 1. The van der Waals surface area contributed by atoms with Gasteiger partial charge in [0.15, 0.2) is 0 Å². The summed E-state index contributed by atoms with van der Waals surface area (Å²) in [7, 11) is 0.